The summed E-state index contributed by atoms with van der Waals surface area (Å²) in [6.07, 6.45) is 0. The first kappa shape index (κ1) is 12.1. The van der Waals surface area contributed by atoms with Crippen LogP contribution in [0.5, 0.6) is 0 Å². The van der Waals surface area contributed by atoms with Gasteiger partial charge in [0.15, 0.2) is 5.76 Å². The molecule has 0 amide bonds. The van der Waals surface area contributed by atoms with Gasteiger partial charge in [-0.3, -0.25) is 0 Å². The number of carbonyl (C=O) groups excluding carboxylic acids is 1. The van der Waals surface area contributed by atoms with E-state index in [9.17, 15) is 4.79 Å². The topological polar surface area (TPSA) is 52.3 Å². The lowest BCUT2D eigenvalue weighted by Gasteiger charge is -1.99. The Kier molecular flexibility index (Phi) is 3.49. The van der Waals surface area contributed by atoms with Crippen molar-refractivity contribution in [2.45, 2.75) is 0 Å². The maximum absolute atomic E-state index is 11.4. The number of carbonyl (C=O) groups is 1. The van der Waals surface area contributed by atoms with Gasteiger partial charge in [-0.05, 0) is 28.1 Å². The van der Waals surface area contributed by atoms with Gasteiger partial charge in [0.25, 0.3) is 0 Å². The Balaban J connectivity index is 2.52. The summed E-state index contributed by atoms with van der Waals surface area (Å²) in [6, 6.07) is 7.11. The lowest BCUT2D eigenvalue weighted by atomic mass is 10.1. The van der Waals surface area contributed by atoms with Gasteiger partial charge < -0.3 is 9.26 Å². The Bertz CT molecular complexity index is 568. The van der Waals surface area contributed by atoms with Crippen LogP contribution in [0.3, 0.4) is 0 Å². The summed E-state index contributed by atoms with van der Waals surface area (Å²) in [5.74, 6) is -0.171. The molecule has 0 saturated carbocycles. The fourth-order valence-electron chi connectivity index (χ4n) is 1.32. The van der Waals surface area contributed by atoms with Crippen LogP contribution in [-0.2, 0) is 4.74 Å². The molecule has 1 aromatic carbocycles. The zero-order chi connectivity index (χ0) is 12.4. The summed E-state index contributed by atoms with van der Waals surface area (Å²) in [7, 11) is 1.28. The van der Waals surface area contributed by atoms with Gasteiger partial charge in [0.05, 0.1) is 12.1 Å². The van der Waals surface area contributed by atoms with Crippen LogP contribution >= 0.6 is 27.5 Å². The maximum atomic E-state index is 11.4. The molecular formula is C11H7BrClNO3. The highest BCUT2D eigenvalue weighted by molar-refractivity contribution is 9.10. The number of aromatic nitrogens is 1. The highest BCUT2D eigenvalue weighted by Gasteiger charge is 2.22. The van der Waals surface area contributed by atoms with Gasteiger partial charge in [-0.2, -0.15) is 0 Å². The van der Waals surface area contributed by atoms with E-state index in [1.54, 1.807) is 18.2 Å². The van der Waals surface area contributed by atoms with E-state index in [-0.39, 0.29) is 5.69 Å². The Morgan fingerprint density at radius 3 is 2.82 bits per heavy atom. The van der Waals surface area contributed by atoms with E-state index in [1.165, 1.54) is 7.11 Å². The minimum absolute atomic E-state index is 0.0856. The summed E-state index contributed by atoms with van der Waals surface area (Å²) in [5.41, 5.74) is 0.742. The van der Waals surface area contributed by atoms with Gasteiger partial charge in [-0.25, -0.2) is 4.79 Å². The van der Waals surface area contributed by atoms with Crippen molar-refractivity contribution < 1.29 is 14.1 Å². The standard InChI is InChI=1S/C11H7BrClNO3/c1-16-11(15)9-8(12)10(17-14-9)6-4-2-3-5-7(6)13/h2-5H,1H3. The van der Waals surface area contributed by atoms with Crippen molar-refractivity contribution in [1.29, 1.82) is 0 Å². The van der Waals surface area contributed by atoms with E-state index < -0.39 is 5.97 Å². The fourth-order valence-corrected chi connectivity index (χ4v) is 2.06. The van der Waals surface area contributed by atoms with E-state index in [1.807, 2.05) is 6.07 Å². The quantitative estimate of drug-likeness (QED) is 0.795. The summed E-state index contributed by atoms with van der Waals surface area (Å²) in [5, 5.41) is 4.16. The van der Waals surface area contributed by atoms with Crippen molar-refractivity contribution in [2.75, 3.05) is 7.11 Å². The van der Waals surface area contributed by atoms with Gasteiger partial charge >= 0.3 is 5.97 Å². The third kappa shape index (κ3) is 2.21. The molecule has 0 bridgehead atoms. The van der Waals surface area contributed by atoms with Crippen LogP contribution in [0.15, 0.2) is 33.3 Å². The first-order chi connectivity index (χ1) is 8.15. The molecule has 0 aliphatic heterocycles. The molecule has 1 aromatic heterocycles. The SMILES string of the molecule is COC(=O)c1noc(-c2ccccc2Cl)c1Br. The first-order valence-corrected chi connectivity index (χ1v) is 5.80. The number of ether oxygens (including phenoxy) is 1. The zero-order valence-corrected chi connectivity index (χ0v) is 11.1. The van der Waals surface area contributed by atoms with Crippen LogP contribution in [0.2, 0.25) is 5.02 Å². The molecule has 17 heavy (non-hydrogen) atoms. The average Bonchev–Trinajstić information content (AvgIpc) is 2.71. The summed E-state index contributed by atoms with van der Waals surface area (Å²) in [4.78, 5) is 11.4. The molecule has 0 aliphatic carbocycles. The Labute approximate surface area is 111 Å². The first-order valence-electron chi connectivity index (χ1n) is 4.63. The van der Waals surface area contributed by atoms with Crippen LogP contribution in [0.1, 0.15) is 10.5 Å². The molecule has 0 spiro atoms. The zero-order valence-electron chi connectivity index (χ0n) is 8.74. The van der Waals surface area contributed by atoms with Crippen LogP contribution < -0.4 is 0 Å². The molecule has 2 rings (SSSR count). The van der Waals surface area contributed by atoms with Gasteiger partial charge in [0.2, 0.25) is 5.69 Å². The van der Waals surface area contributed by atoms with E-state index in [2.05, 4.69) is 25.8 Å². The number of benzene rings is 1. The van der Waals surface area contributed by atoms with E-state index in [0.29, 0.717) is 20.8 Å². The second-order valence-corrected chi connectivity index (χ2v) is 4.35. The van der Waals surface area contributed by atoms with Crippen LogP contribution in [0, 0.1) is 0 Å². The van der Waals surface area contributed by atoms with Crippen molar-refractivity contribution >= 4 is 33.5 Å². The minimum atomic E-state index is -0.570. The minimum Gasteiger partial charge on any atom is -0.464 e. The molecule has 0 atom stereocenters. The molecule has 1 heterocycles. The van der Waals surface area contributed by atoms with Gasteiger partial charge in [-0.1, -0.05) is 28.9 Å². The summed E-state index contributed by atoms with van der Waals surface area (Å²) < 4.78 is 10.1. The van der Waals surface area contributed by atoms with Crippen LogP contribution in [0.25, 0.3) is 11.3 Å². The molecule has 88 valence electrons. The van der Waals surface area contributed by atoms with Crippen molar-refractivity contribution in [3.05, 3.63) is 39.5 Å². The van der Waals surface area contributed by atoms with Crippen LogP contribution in [0.4, 0.5) is 0 Å². The number of halogens is 2. The van der Waals surface area contributed by atoms with E-state index >= 15 is 0 Å². The second kappa shape index (κ2) is 4.89. The van der Waals surface area contributed by atoms with Gasteiger partial charge in [0.1, 0.15) is 4.47 Å². The lowest BCUT2D eigenvalue weighted by Crippen LogP contribution is -2.01. The van der Waals surface area contributed by atoms with Gasteiger partial charge in [0, 0.05) is 5.56 Å². The average molecular weight is 317 g/mol. The maximum Gasteiger partial charge on any atom is 0.361 e. The fraction of sp³-hybridized carbons (Fsp3) is 0.0909. The number of esters is 1. The number of hydrogen-bond donors (Lipinski definition) is 0. The van der Waals surface area contributed by atoms with Crippen molar-refractivity contribution in [3.8, 4) is 11.3 Å². The Morgan fingerprint density at radius 1 is 1.47 bits per heavy atom. The predicted molar refractivity (Wildman–Crippen MR) is 66.0 cm³/mol. The molecule has 0 radical (unpaired) electrons. The smallest absolute Gasteiger partial charge is 0.361 e. The van der Waals surface area contributed by atoms with Crippen molar-refractivity contribution in [3.63, 3.8) is 0 Å². The highest BCUT2D eigenvalue weighted by atomic mass is 79.9. The van der Waals surface area contributed by atoms with Crippen molar-refractivity contribution in [1.82, 2.24) is 5.16 Å². The third-order valence-electron chi connectivity index (χ3n) is 2.13. The molecule has 0 unspecified atom stereocenters. The molecule has 0 aliphatic rings. The molecular weight excluding hydrogens is 309 g/mol. The molecule has 0 saturated heterocycles. The lowest BCUT2D eigenvalue weighted by molar-refractivity contribution is 0.0588. The monoisotopic (exact) mass is 315 g/mol. The van der Waals surface area contributed by atoms with Gasteiger partial charge in [-0.15, -0.1) is 0 Å². The number of nitrogens with zero attached hydrogens (tertiary/aromatic N) is 1. The van der Waals surface area contributed by atoms with E-state index in [4.69, 9.17) is 16.1 Å². The van der Waals surface area contributed by atoms with Crippen molar-refractivity contribution in [2.24, 2.45) is 0 Å². The second-order valence-electron chi connectivity index (χ2n) is 3.15. The van der Waals surface area contributed by atoms with E-state index in [0.717, 1.165) is 0 Å². The third-order valence-corrected chi connectivity index (χ3v) is 3.20. The molecule has 0 N–H and O–H groups in total. The number of rotatable bonds is 2. The normalized spacial score (nSPS) is 10.3. The molecule has 4 nitrogen and oxygen atoms in total. The summed E-state index contributed by atoms with van der Waals surface area (Å²) in [6.45, 7) is 0. The molecule has 0 fully saturated rings. The number of hydrogen-bond acceptors (Lipinski definition) is 4. The highest BCUT2D eigenvalue weighted by Crippen LogP contribution is 2.35. The number of methoxy groups -OCH3 is 1. The summed E-state index contributed by atoms with van der Waals surface area (Å²) >= 11 is 9.28. The largest absolute Gasteiger partial charge is 0.464 e. The van der Waals surface area contributed by atoms with Crippen LogP contribution in [-0.4, -0.2) is 18.2 Å². The Hall–Kier alpha value is -1.33. The predicted octanol–water partition coefficient (Wildman–Crippen LogP) is 3.54. The molecule has 6 heteroatoms. The molecule has 2 aromatic rings. The Morgan fingerprint density at radius 2 is 2.18 bits per heavy atom.